The zero-order valence-electron chi connectivity index (χ0n) is 10.5. The third-order valence-corrected chi connectivity index (χ3v) is 2.91. The summed E-state index contributed by atoms with van der Waals surface area (Å²) in [4.78, 5) is 11.9. The summed E-state index contributed by atoms with van der Waals surface area (Å²) in [7, 11) is 1.63. The van der Waals surface area contributed by atoms with Crippen LogP contribution in [0.2, 0.25) is 0 Å². The summed E-state index contributed by atoms with van der Waals surface area (Å²) in [5, 5.41) is 0. The molecular weight excluding hydrogens is 228 g/mol. The van der Waals surface area contributed by atoms with Crippen LogP contribution in [0.4, 0.5) is 5.69 Å². The second-order valence-corrected chi connectivity index (χ2v) is 3.95. The summed E-state index contributed by atoms with van der Waals surface area (Å²) < 4.78 is 6.78. The topological polar surface area (TPSA) is 57.2 Å². The van der Waals surface area contributed by atoms with Crippen molar-refractivity contribution in [3.63, 3.8) is 0 Å². The fraction of sp³-hybridized carbons (Fsp3) is 0.214. The second-order valence-electron chi connectivity index (χ2n) is 3.95. The van der Waals surface area contributed by atoms with E-state index in [-0.39, 0.29) is 11.2 Å². The van der Waals surface area contributed by atoms with Crippen molar-refractivity contribution in [1.29, 1.82) is 0 Å². The molecule has 0 aliphatic carbocycles. The van der Waals surface area contributed by atoms with Crippen LogP contribution in [0.1, 0.15) is 6.92 Å². The monoisotopic (exact) mass is 244 g/mol. The number of hydrogen-bond acceptors (Lipinski definition) is 3. The molecule has 4 heteroatoms. The molecule has 0 unspecified atom stereocenters. The number of benzene rings is 1. The van der Waals surface area contributed by atoms with Gasteiger partial charge in [-0.1, -0.05) is 0 Å². The Morgan fingerprint density at radius 2 is 1.83 bits per heavy atom. The lowest BCUT2D eigenvalue weighted by molar-refractivity contribution is 0.415. The molecule has 0 spiro atoms. The maximum absolute atomic E-state index is 11.9. The van der Waals surface area contributed by atoms with Gasteiger partial charge in [0, 0.05) is 6.54 Å². The van der Waals surface area contributed by atoms with Crippen LogP contribution >= 0.6 is 0 Å². The minimum Gasteiger partial charge on any atom is -0.497 e. The fourth-order valence-corrected chi connectivity index (χ4v) is 1.92. The van der Waals surface area contributed by atoms with Crippen molar-refractivity contribution in [2.24, 2.45) is 0 Å². The average molecular weight is 244 g/mol. The highest BCUT2D eigenvalue weighted by Crippen LogP contribution is 2.21. The smallest absolute Gasteiger partial charge is 0.274 e. The Morgan fingerprint density at radius 1 is 1.17 bits per heavy atom. The molecule has 0 saturated carbocycles. The van der Waals surface area contributed by atoms with Crippen molar-refractivity contribution in [3.05, 3.63) is 46.8 Å². The third kappa shape index (κ3) is 2.09. The van der Waals surface area contributed by atoms with Crippen molar-refractivity contribution in [3.8, 4) is 17.0 Å². The zero-order chi connectivity index (χ0) is 13.1. The number of nitrogen functional groups attached to an aromatic ring is 1. The van der Waals surface area contributed by atoms with E-state index < -0.39 is 0 Å². The number of nitrogens with two attached hydrogens (primary N) is 1. The summed E-state index contributed by atoms with van der Waals surface area (Å²) in [6, 6.07) is 11.1. The SMILES string of the molecule is CCn1c(-c2ccc(OC)cc2)ccc(N)c1=O. The van der Waals surface area contributed by atoms with E-state index >= 15 is 0 Å². The molecule has 0 aliphatic rings. The average Bonchev–Trinajstić information content (AvgIpc) is 2.42. The lowest BCUT2D eigenvalue weighted by Crippen LogP contribution is -2.23. The molecule has 0 fully saturated rings. The molecule has 0 bridgehead atoms. The summed E-state index contributed by atoms with van der Waals surface area (Å²) in [6.07, 6.45) is 0. The standard InChI is InChI=1S/C14H16N2O2/c1-3-16-13(9-8-12(15)14(16)17)10-4-6-11(18-2)7-5-10/h4-9H,3,15H2,1-2H3. The van der Waals surface area contributed by atoms with Gasteiger partial charge in [0.1, 0.15) is 5.75 Å². The van der Waals surface area contributed by atoms with Crippen molar-refractivity contribution in [2.45, 2.75) is 13.5 Å². The van der Waals surface area contributed by atoms with Crippen LogP contribution in [0, 0.1) is 0 Å². The maximum atomic E-state index is 11.9. The van der Waals surface area contributed by atoms with Crippen LogP contribution in [0.3, 0.4) is 0 Å². The Hall–Kier alpha value is -2.23. The van der Waals surface area contributed by atoms with Gasteiger partial charge in [0.25, 0.3) is 5.56 Å². The normalized spacial score (nSPS) is 10.3. The second kappa shape index (κ2) is 4.96. The fourth-order valence-electron chi connectivity index (χ4n) is 1.92. The van der Waals surface area contributed by atoms with Gasteiger partial charge in [0.05, 0.1) is 18.5 Å². The number of rotatable bonds is 3. The number of nitrogens with zero attached hydrogens (tertiary/aromatic N) is 1. The lowest BCUT2D eigenvalue weighted by atomic mass is 10.1. The van der Waals surface area contributed by atoms with E-state index in [2.05, 4.69) is 0 Å². The number of ether oxygens (including phenoxy) is 1. The van der Waals surface area contributed by atoms with Crippen LogP contribution in [0.15, 0.2) is 41.2 Å². The first kappa shape index (κ1) is 12.2. The quantitative estimate of drug-likeness (QED) is 0.899. The molecule has 0 aliphatic heterocycles. The van der Waals surface area contributed by atoms with Crippen LogP contribution in [-0.2, 0) is 6.54 Å². The molecule has 1 heterocycles. The van der Waals surface area contributed by atoms with Gasteiger partial charge in [-0.15, -0.1) is 0 Å². The Labute approximate surface area is 106 Å². The number of aromatic nitrogens is 1. The van der Waals surface area contributed by atoms with Gasteiger partial charge in [-0.05, 0) is 48.9 Å². The van der Waals surface area contributed by atoms with Crippen LogP contribution < -0.4 is 16.0 Å². The number of hydrogen-bond donors (Lipinski definition) is 1. The molecule has 2 N–H and O–H groups in total. The van der Waals surface area contributed by atoms with Crippen molar-refractivity contribution in [2.75, 3.05) is 12.8 Å². The van der Waals surface area contributed by atoms with E-state index in [1.165, 1.54) is 0 Å². The molecule has 18 heavy (non-hydrogen) atoms. The Kier molecular flexibility index (Phi) is 3.37. The molecule has 0 radical (unpaired) electrons. The molecular formula is C14H16N2O2. The van der Waals surface area contributed by atoms with Crippen molar-refractivity contribution in [1.82, 2.24) is 4.57 Å². The molecule has 1 aromatic heterocycles. The van der Waals surface area contributed by atoms with E-state index in [9.17, 15) is 4.79 Å². The molecule has 2 aromatic rings. The minimum atomic E-state index is -0.147. The first-order chi connectivity index (χ1) is 8.67. The van der Waals surface area contributed by atoms with Gasteiger partial charge in [-0.2, -0.15) is 0 Å². The molecule has 1 aromatic carbocycles. The first-order valence-corrected chi connectivity index (χ1v) is 5.81. The predicted molar refractivity (Wildman–Crippen MR) is 72.8 cm³/mol. The van der Waals surface area contributed by atoms with E-state index in [4.69, 9.17) is 10.5 Å². The zero-order valence-corrected chi connectivity index (χ0v) is 10.5. The van der Waals surface area contributed by atoms with Gasteiger partial charge in [0.2, 0.25) is 0 Å². The highest BCUT2D eigenvalue weighted by atomic mass is 16.5. The minimum absolute atomic E-state index is 0.147. The van der Waals surface area contributed by atoms with Gasteiger partial charge in [-0.25, -0.2) is 0 Å². The highest BCUT2D eigenvalue weighted by Gasteiger charge is 2.07. The third-order valence-electron chi connectivity index (χ3n) is 2.91. The van der Waals surface area contributed by atoms with Crippen LogP contribution in [0.25, 0.3) is 11.3 Å². The predicted octanol–water partition coefficient (Wildman–Crippen LogP) is 2.13. The van der Waals surface area contributed by atoms with Gasteiger partial charge < -0.3 is 15.0 Å². The summed E-state index contributed by atoms with van der Waals surface area (Å²) >= 11 is 0. The Balaban J connectivity index is 2.56. The van der Waals surface area contributed by atoms with E-state index in [1.54, 1.807) is 17.7 Å². The van der Waals surface area contributed by atoms with Crippen molar-refractivity contribution >= 4 is 5.69 Å². The molecule has 94 valence electrons. The van der Waals surface area contributed by atoms with E-state index in [1.807, 2.05) is 37.3 Å². The molecule has 0 atom stereocenters. The summed E-state index contributed by atoms with van der Waals surface area (Å²) in [5.74, 6) is 0.791. The summed E-state index contributed by atoms with van der Waals surface area (Å²) in [6.45, 7) is 2.51. The molecule has 0 saturated heterocycles. The van der Waals surface area contributed by atoms with E-state index in [0.29, 0.717) is 6.54 Å². The number of anilines is 1. The van der Waals surface area contributed by atoms with Gasteiger partial charge in [-0.3, -0.25) is 4.79 Å². The van der Waals surface area contributed by atoms with Crippen LogP contribution in [-0.4, -0.2) is 11.7 Å². The highest BCUT2D eigenvalue weighted by molar-refractivity contribution is 5.62. The Morgan fingerprint density at radius 3 is 2.39 bits per heavy atom. The number of methoxy groups -OCH3 is 1. The lowest BCUT2D eigenvalue weighted by Gasteiger charge is -2.12. The van der Waals surface area contributed by atoms with Crippen molar-refractivity contribution < 1.29 is 4.74 Å². The first-order valence-electron chi connectivity index (χ1n) is 5.81. The number of pyridine rings is 1. The van der Waals surface area contributed by atoms with Gasteiger partial charge in [0.15, 0.2) is 0 Å². The molecule has 4 nitrogen and oxygen atoms in total. The molecule has 2 rings (SSSR count). The molecule has 0 amide bonds. The van der Waals surface area contributed by atoms with Crippen LogP contribution in [0.5, 0.6) is 5.75 Å². The maximum Gasteiger partial charge on any atom is 0.274 e. The van der Waals surface area contributed by atoms with E-state index in [0.717, 1.165) is 17.0 Å². The largest absolute Gasteiger partial charge is 0.497 e. The summed E-state index contributed by atoms with van der Waals surface area (Å²) in [5.41, 5.74) is 7.59. The van der Waals surface area contributed by atoms with Gasteiger partial charge >= 0.3 is 0 Å². The Bertz CT molecular complexity index is 600.